The van der Waals surface area contributed by atoms with Crippen LogP contribution in [0.2, 0.25) is 5.02 Å². The fourth-order valence-electron chi connectivity index (χ4n) is 1.98. The van der Waals surface area contributed by atoms with Gasteiger partial charge in [0.1, 0.15) is 5.60 Å². The number of benzene rings is 1. The van der Waals surface area contributed by atoms with E-state index in [2.05, 4.69) is 6.07 Å². The fourth-order valence-corrected chi connectivity index (χ4v) is 2.19. The molecule has 0 saturated heterocycles. The van der Waals surface area contributed by atoms with Gasteiger partial charge in [0.25, 0.3) is 0 Å². The van der Waals surface area contributed by atoms with Gasteiger partial charge in [-0.15, -0.1) is 0 Å². The van der Waals surface area contributed by atoms with Crippen LogP contribution in [0.1, 0.15) is 45.6 Å². The molecule has 1 rings (SSSR count). The third-order valence-electron chi connectivity index (χ3n) is 3.05. The Kier molecular flexibility index (Phi) is 7.03. The van der Waals surface area contributed by atoms with Crippen LogP contribution in [0.4, 0.5) is 4.79 Å². The van der Waals surface area contributed by atoms with Crippen LogP contribution >= 0.6 is 11.6 Å². The Morgan fingerprint density at radius 2 is 1.95 bits per heavy atom. The summed E-state index contributed by atoms with van der Waals surface area (Å²) in [5.41, 5.74) is 0.834. The molecule has 0 saturated carbocycles. The van der Waals surface area contributed by atoms with Gasteiger partial charge in [0.2, 0.25) is 0 Å². The van der Waals surface area contributed by atoms with Gasteiger partial charge < -0.3 is 9.64 Å². The molecule has 21 heavy (non-hydrogen) atoms. The standard InChI is InChI=1S/C17H26ClNO2/c1-17(2,3)21-16(20)19(4)12-7-5-6-9-14-10-8-11-15(18)13-14/h8,10-11,13H,5-7,9,12H2,1-4H3. The van der Waals surface area contributed by atoms with Crippen molar-refractivity contribution < 1.29 is 9.53 Å². The summed E-state index contributed by atoms with van der Waals surface area (Å²) in [7, 11) is 1.78. The molecule has 0 aromatic heterocycles. The average Bonchev–Trinajstić information content (AvgIpc) is 2.36. The first-order valence-corrected chi connectivity index (χ1v) is 7.84. The summed E-state index contributed by atoms with van der Waals surface area (Å²) in [6.07, 6.45) is 3.94. The van der Waals surface area contributed by atoms with Crippen molar-refractivity contribution in [2.24, 2.45) is 0 Å². The molecule has 0 radical (unpaired) electrons. The maximum absolute atomic E-state index is 11.8. The van der Waals surface area contributed by atoms with Gasteiger partial charge in [-0.05, 0) is 57.7 Å². The highest BCUT2D eigenvalue weighted by atomic mass is 35.5. The van der Waals surface area contributed by atoms with E-state index < -0.39 is 5.60 Å². The second kappa shape index (κ2) is 8.28. The lowest BCUT2D eigenvalue weighted by molar-refractivity contribution is 0.0296. The number of hydrogen-bond acceptors (Lipinski definition) is 2. The quantitative estimate of drug-likeness (QED) is 0.698. The van der Waals surface area contributed by atoms with Crippen molar-refractivity contribution in [1.82, 2.24) is 4.90 Å². The molecule has 0 atom stereocenters. The molecule has 1 aromatic carbocycles. The highest BCUT2D eigenvalue weighted by Gasteiger charge is 2.18. The van der Waals surface area contributed by atoms with Crippen molar-refractivity contribution in [3.05, 3.63) is 34.9 Å². The van der Waals surface area contributed by atoms with Crippen LogP contribution < -0.4 is 0 Å². The van der Waals surface area contributed by atoms with Crippen LogP contribution in [-0.4, -0.2) is 30.2 Å². The molecule has 0 fully saturated rings. The average molecular weight is 312 g/mol. The third kappa shape index (κ3) is 7.96. The van der Waals surface area contributed by atoms with Gasteiger partial charge in [0, 0.05) is 18.6 Å². The maximum Gasteiger partial charge on any atom is 0.410 e. The number of hydrogen-bond donors (Lipinski definition) is 0. The van der Waals surface area contributed by atoms with Gasteiger partial charge in [0.15, 0.2) is 0 Å². The highest BCUT2D eigenvalue weighted by Crippen LogP contribution is 2.14. The lowest BCUT2D eigenvalue weighted by atomic mass is 10.1. The zero-order chi connectivity index (χ0) is 15.9. The minimum atomic E-state index is -0.433. The van der Waals surface area contributed by atoms with Gasteiger partial charge in [-0.25, -0.2) is 4.79 Å². The van der Waals surface area contributed by atoms with Crippen molar-refractivity contribution in [3.63, 3.8) is 0 Å². The molecule has 1 amide bonds. The number of carbonyl (C=O) groups is 1. The molecule has 4 heteroatoms. The third-order valence-corrected chi connectivity index (χ3v) is 3.29. The number of ether oxygens (including phenoxy) is 1. The summed E-state index contributed by atoms with van der Waals surface area (Å²) < 4.78 is 5.31. The number of carbonyl (C=O) groups excluding carboxylic acids is 1. The molecular formula is C17H26ClNO2. The van der Waals surface area contributed by atoms with Gasteiger partial charge in [-0.1, -0.05) is 30.2 Å². The Hall–Kier alpha value is -1.22. The lowest BCUT2D eigenvalue weighted by Gasteiger charge is -2.24. The summed E-state index contributed by atoms with van der Waals surface area (Å²) in [5.74, 6) is 0. The fraction of sp³-hybridized carbons (Fsp3) is 0.588. The molecule has 0 aliphatic carbocycles. The number of aryl methyl sites for hydroxylation is 1. The summed E-state index contributed by atoms with van der Waals surface area (Å²) in [6.45, 7) is 6.36. The minimum absolute atomic E-state index is 0.252. The first-order chi connectivity index (χ1) is 9.78. The van der Waals surface area contributed by atoms with Crippen molar-refractivity contribution in [3.8, 4) is 0 Å². The van der Waals surface area contributed by atoms with E-state index in [9.17, 15) is 4.79 Å². The van der Waals surface area contributed by atoms with Crippen molar-refractivity contribution in [1.29, 1.82) is 0 Å². The SMILES string of the molecule is CN(CCCCCc1cccc(Cl)c1)C(=O)OC(C)(C)C. The van der Waals surface area contributed by atoms with E-state index in [1.165, 1.54) is 5.56 Å². The van der Waals surface area contributed by atoms with Gasteiger partial charge in [-0.3, -0.25) is 0 Å². The molecule has 0 N–H and O–H groups in total. The Bertz CT molecular complexity index is 454. The summed E-state index contributed by atoms with van der Waals surface area (Å²) >= 11 is 5.96. The predicted octanol–water partition coefficient (Wildman–Crippen LogP) is 4.92. The Balaban J connectivity index is 2.18. The maximum atomic E-state index is 11.8. The Labute approximate surface area is 133 Å². The Morgan fingerprint density at radius 3 is 2.57 bits per heavy atom. The summed E-state index contributed by atoms with van der Waals surface area (Å²) in [6, 6.07) is 7.97. The van der Waals surface area contributed by atoms with E-state index in [0.29, 0.717) is 0 Å². The number of unbranched alkanes of at least 4 members (excludes halogenated alkanes) is 2. The molecule has 0 bridgehead atoms. The molecule has 1 aromatic rings. The molecular weight excluding hydrogens is 286 g/mol. The largest absolute Gasteiger partial charge is 0.444 e. The van der Waals surface area contributed by atoms with E-state index >= 15 is 0 Å². The van der Waals surface area contributed by atoms with E-state index in [1.54, 1.807) is 11.9 Å². The van der Waals surface area contributed by atoms with E-state index in [1.807, 2.05) is 39.0 Å². The smallest absolute Gasteiger partial charge is 0.410 e. The van der Waals surface area contributed by atoms with Crippen LogP contribution in [0, 0.1) is 0 Å². The number of nitrogens with zero attached hydrogens (tertiary/aromatic N) is 1. The van der Waals surface area contributed by atoms with Crippen LogP contribution in [0.25, 0.3) is 0 Å². The molecule has 0 heterocycles. The van der Waals surface area contributed by atoms with E-state index in [0.717, 1.165) is 37.3 Å². The monoisotopic (exact) mass is 311 g/mol. The number of rotatable bonds is 6. The van der Waals surface area contributed by atoms with Gasteiger partial charge in [-0.2, -0.15) is 0 Å². The molecule has 0 unspecified atom stereocenters. The minimum Gasteiger partial charge on any atom is -0.444 e. The first-order valence-electron chi connectivity index (χ1n) is 7.46. The van der Waals surface area contributed by atoms with Crippen LogP contribution in [-0.2, 0) is 11.2 Å². The van der Waals surface area contributed by atoms with Crippen LogP contribution in [0.15, 0.2) is 24.3 Å². The van der Waals surface area contributed by atoms with Crippen molar-refractivity contribution in [2.45, 2.75) is 52.1 Å². The number of halogens is 1. The van der Waals surface area contributed by atoms with E-state index in [4.69, 9.17) is 16.3 Å². The van der Waals surface area contributed by atoms with Crippen LogP contribution in [0.3, 0.4) is 0 Å². The van der Waals surface area contributed by atoms with E-state index in [-0.39, 0.29) is 6.09 Å². The molecule has 118 valence electrons. The second-order valence-electron chi connectivity index (χ2n) is 6.34. The first kappa shape index (κ1) is 17.8. The van der Waals surface area contributed by atoms with Crippen LogP contribution in [0.5, 0.6) is 0 Å². The zero-order valence-electron chi connectivity index (χ0n) is 13.5. The number of amides is 1. The Morgan fingerprint density at radius 1 is 1.24 bits per heavy atom. The van der Waals surface area contributed by atoms with Gasteiger partial charge in [0.05, 0.1) is 0 Å². The predicted molar refractivity (Wildman–Crippen MR) is 87.9 cm³/mol. The molecule has 3 nitrogen and oxygen atoms in total. The van der Waals surface area contributed by atoms with Crippen molar-refractivity contribution in [2.75, 3.05) is 13.6 Å². The normalized spacial score (nSPS) is 11.3. The molecule has 0 spiro atoms. The summed E-state index contributed by atoms with van der Waals surface area (Å²) in [5, 5.41) is 0.789. The molecule has 0 aliphatic heterocycles. The topological polar surface area (TPSA) is 29.5 Å². The highest BCUT2D eigenvalue weighted by molar-refractivity contribution is 6.30. The summed E-state index contributed by atoms with van der Waals surface area (Å²) in [4.78, 5) is 13.4. The van der Waals surface area contributed by atoms with Crippen molar-refractivity contribution >= 4 is 17.7 Å². The molecule has 0 aliphatic rings. The zero-order valence-corrected chi connectivity index (χ0v) is 14.2. The van der Waals surface area contributed by atoms with Gasteiger partial charge >= 0.3 is 6.09 Å². The second-order valence-corrected chi connectivity index (χ2v) is 6.78. The lowest BCUT2D eigenvalue weighted by Crippen LogP contribution is -2.34.